The zero-order valence-corrected chi connectivity index (χ0v) is 28.6. The molecule has 0 unspecified atom stereocenters. The summed E-state index contributed by atoms with van der Waals surface area (Å²) >= 11 is 0. The van der Waals surface area contributed by atoms with Crippen LogP contribution in [0, 0.1) is 0 Å². The summed E-state index contributed by atoms with van der Waals surface area (Å²) in [5.74, 6) is 1.87. The summed E-state index contributed by atoms with van der Waals surface area (Å²) in [4.78, 5) is 15.4. The highest BCUT2D eigenvalue weighted by Gasteiger charge is 2.23. The van der Waals surface area contributed by atoms with E-state index in [0.29, 0.717) is 17.6 Å². The van der Waals surface area contributed by atoms with Crippen molar-refractivity contribution >= 4 is 54.1 Å². The number of rotatable bonds is 5. The first-order valence-electron chi connectivity index (χ1n) is 17.9. The van der Waals surface area contributed by atoms with E-state index in [1.165, 1.54) is 65.3 Å². The van der Waals surface area contributed by atoms with Gasteiger partial charge >= 0.3 is 0 Å². The summed E-state index contributed by atoms with van der Waals surface area (Å²) < 4.78 is 2.24. The molecule has 4 heteroatoms. The maximum atomic E-state index is 5.20. The van der Waals surface area contributed by atoms with Crippen LogP contribution in [0.15, 0.2) is 182 Å². The van der Waals surface area contributed by atoms with E-state index >= 15 is 0 Å². The molecule has 0 fully saturated rings. The lowest BCUT2D eigenvalue weighted by molar-refractivity contribution is 0.954. The first-order chi connectivity index (χ1) is 26.3. The molecule has 0 saturated heterocycles. The normalized spacial score (nSPS) is 11.8. The molecule has 0 saturated carbocycles. The quantitative estimate of drug-likeness (QED) is 0.171. The van der Waals surface area contributed by atoms with Crippen molar-refractivity contribution in [3.05, 3.63) is 182 Å². The molecule has 11 rings (SSSR count). The van der Waals surface area contributed by atoms with Crippen molar-refractivity contribution in [2.24, 2.45) is 0 Å². The van der Waals surface area contributed by atoms with Crippen molar-refractivity contribution in [1.29, 1.82) is 0 Å². The van der Waals surface area contributed by atoms with Gasteiger partial charge in [0.2, 0.25) is 5.95 Å². The summed E-state index contributed by atoms with van der Waals surface area (Å²) in [6.45, 7) is 0. The molecular weight excluding hydrogens is 645 g/mol. The highest BCUT2D eigenvalue weighted by Crippen LogP contribution is 2.45. The van der Waals surface area contributed by atoms with Crippen LogP contribution in [0.4, 0.5) is 0 Å². The van der Waals surface area contributed by atoms with Crippen LogP contribution in [0.5, 0.6) is 0 Å². The van der Waals surface area contributed by atoms with Crippen molar-refractivity contribution in [3.8, 4) is 51.0 Å². The van der Waals surface area contributed by atoms with Crippen LogP contribution in [-0.4, -0.2) is 19.5 Å². The molecule has 2 aromatic heterocycles. The van der Waals surface area contributed by atoms with Gasteiger partial charge in [-0.25, -0.2) is 4.98 Å². The highest BCUT2D eigenvalue weighted by molar-refractivity contribution is 6.28. The second-order valence-electron chi connectivity index (χ2n) is 13.6. The molecule has 53 heavy (non-hydrogen) atoms. The van der Waals surface area contributed by atoms with Crippen molar-refractivity contribution < 1.29 is 0 Å². The summed E-state index contributed by atoms with van der Waals surface area (Å²) in [6.07, 6.45) is 0. The Morgan fingerprint density at radius 2 is 0.755 bits per heavy atom. The van der Waals surface area contributed by atoms with Crippen LogP contribution in [0.25, 0.3) is 105 Å². The molecule has 11 aromatic rings. The Morgan fingerprint density at radius 1 is 0.321 bits per heavy atom. The number of benzene rings is 9. The minimum atomic E-state index is 0.591. The molecule has 2 heterocycles. The van der Waals surface area contributed by atoms with E-state index in [1.54, 1.807) is 0 Å². The summed E-state index contributed by atoms with van der Waals surface area (Å²) in [6, 6.07) is 64.6. The molecule has 0 radical (unpaired) electrons. The Bertz CT molecular complexity index is 2950. The third kappa shape index (κ3) is 4.73. The third-order valence-corrected chi connectivity index (χ3v) is 10.6. The molecule has 9 aromatic carbocycles. The average molecular weight is 675 g/mol. The lowest BCUT2D eigenvalue weighted by Crippen LogP contribution is -2.06. The van der Waals surface area contributed by atoms with E-state index in [1.807, 2.05) is 36.4 Å². The van der Waals surface area contributed by atoms with Gasteiger partial charge in [-0.15, -0.1) is 0 Å². The van der Waals surface area contributed by atoms with Gasteiger partial charge in [0.1, 0.15) is 0 Å². The Labute approximate surface area is 305 Å². The molecule has 0 aliphatic carbocycles. The second kappa shape index (κ2) is 11.7. The monoisotopic (exact) mass is 674 g/mol. The molecule has 0 atom stereocenters. The largest absolute Gasteiger partial charge is 0.278 e. The van der Waals surface area contributed by atoms with Gasteiger partial charge < -0.3 is 0 Å². The van der Waals surface area contributed by atoms with Gasteiger partial charge in [-0.1, -0.05) is 158 Å². The minimum absolute atomic E-state index is 0.591. The Kier molecular flexibility index (Phi) is 6.52. The van der Waals surface area contributed by atoms with Crippen molar-refractivity contribution in [3.63, 3.8) is 0 Å². The number of hydrogen-bond donors (Lipinski definition) is 0. The molecule has 0 aliphatic rings. The lowest BCUT2D eigenvalue weighted by atomic mass is 9.90. The predicted molar refractivity (Wildman–Crippen MR) is 220 cm³/mol. The van der Waals surface area contributed by atoms with Crippen LogP contribution in [-0.2, 0) is 0 Å². The molecule has 4 nitrogen and oxygen atoms in total. The smallest absolute Gasteiger partial charge is 0.238 e. The maximum Gasteiger partial charge on any atom is 0.238 e. The van der Waals surface area contributed by atoms with Gasteiger partial charge in [-0.2, -0.15) is 9.97 Å². The van der Waals surface area contributed by atoms with Crippen LogP contribution in [0.1, 0.15) is 0 Å². The second-order valence-corrected chi connectivity index (χ2v) is 13.6. The van der Waals surface area contributed by atoms with Crippen LogP contribution in [0.3, 0.4) is 0 Å². The predicted octanol–water partition coefficient (Wildman–Crippen LogP) is 12.5. The van der Waals surface area contributed by atoms with Gasteiger partial charge in [-0.05, 0) is 78.8 Å². The molecule has 246 valence electrons. The minimum Gasteiger partial charge on any atom is -0.278 e. The fourth-order valence-electron chi connectivity index (χ4n) is 8.09. The van der Waals surface area contributed by atoms with Gasteiger partial charge in [0.15, 0.2) is 11.6 Å². The fraction of sp³-hybridized carbons (Fsp3) is 0. The molecule has 0 bridgehead atoms. The van der Waals surface area contributed by atoms with Gasteiger partial charge in [0.05, 0.1) is 11.0 Å². The zero-order chi connectivity index (χ0) is 34.9. The number of aromatic nitrogens is 4. The van der Waals surface area contributed by atoms with E-state index in [2.05, 4.69) is 150 Å². The highest BCUT2D eigenvalue weighted by atomic mass is 15.2. The standard InChI is InChI=1S/C49H30N4/c1-3-13-33(14-4-1)47-50-48(34-15-5-2-6-16-34)52-49(51-47)53-43-27-25-39(37-21-19-31-11-7-9-17-35(31)29-37)41-23-24-42-40(26-28-44(53)46(42)45(41)43)38-22-20-32-12-8-10-18-36(32)30-38/h1-30H. The SMILES string of the molecule is c1ccc(-c2nc(-c3ccccc3)nc(-n3c4ccc(-c5ccc6ccccc6c5)c5ccc6c(-c7ccc8ccccc8c7)ccc3c6c54)n2)cc1. The molecule has 0 aliphatic heterocycles. The van der Waals surface area contributed by atoms with Crippen molar-refractivity contribution in [2.45, 2.75) is 0 Å². The van der Waals surface area contributed by atoms with Crippen LogP contribution >= 0.6 is 0 Å². The number of fused-ring (bicyclic) bond motifs is 2. The van der Waals surface area contributed by atoms with E-state index in [9.17, 15) is 0 Å². The summed E-state index contributed by atoms with van der Waals surface area (Å²) in [7, 11) is 0. The maximum absolute atomic E-state index is 5.20. The number of nitrogens with zero attached hydrogens (tertiary/aromatic N) is 4. The first kappa shape index (κ1) is 29.5. The molecule has 0 amide bonds. The average Bonchev–Trinajstić information content (AvgIpc) is 3.58. The van der Waals surface area contributed by atoms with E-state index in [4.69, 9.17) is 15.0 Å². The van der Waals surface area contributed by atoms with Gasteiger partial charge in [0.25, 0.3) is 0 Å². The molecule has 0 N–H and O–H groups in total. The van der Waals surface area contributed by atoms with E-state index in [-0.39, 0.29) is 0 Å². The Hall–Kier alpha value is -7.17. The van der Waals surface area contributed by atoms with Gasteiger partial charge in [0, 0.05) is 21.9 Å². The molecular formula is C49H30N4. The zero-order valence-electron chi connectivity index (χ0n) is 28.6. The Morgan fingerprint density at radius 3 is 1.23 bits per heavy atom. The van der Waals surface area contributed by atoms with E-state index in [0.717, 1.165) is 22.2 Å². The van der Waals surface area contributed by atoms with E-state index < -0.39 is 0 Å². The third-order valence-electron chi connectivity index (χ3n) is 10.6. The lowest BCUT2D eigenvalue weighted by Gasteiger charge is -2.12. The Balaban J connectivity index is 1.22. The first-order valence-corrected chi connectivity index (χ1v) is 17.9. The summed E-state index contributed by atoms with van der Waals surface area (Å²) in [5.41, 5.74) is 8.79. The van der Waals surface area contributed by atoms with Crippen LogP contribution < -0.4 is 0 Å². The van der Waals surface area contributed by atoms with Crippen molar-refractivity contribution in [1.82, 2.24) is 19.5 Å². The fourth-order valence-corrected chi connectivity index (χ4v) is 8.09. The van der Waals surface area contributed by atoms with Crippen LogP contribution in [0.2, 0.25) is 0 Å². The van der Waals surface area contributed by atoms with Gasteiger partial charge in [-0.3, -0.25) is 4.57 Å². The molecule has 0 spiro atoms. The summed E-state index contributed by atoms with van der Waals surface area (Å²) in [5, 5.41) is 9.73. The van der Waals surface area contributed by atoms with Crippen molar-refractivity contribution in [2.75, 3.05) is 0 Å². The number of hydrogen-bond acceptors (Lipinski definition) is 3. The topological polar surface area (TPSA) is 43.6 Å².